The van der Waals surface area contributed by atoms with Crippen LogP contribution in [0.3, 0.4) is 0 Å². The number of esters is 1. The van der Waals surface area contributed by atoms with Gasteiger partial charge in [-0.25, -0.2) is 4.79 Å². The molecule has 0 radical (unpaired) electrons. The van der Waals surface area contributed by atoms with E-state index < -0.39 is 5.97 Å². The monoisotopic (exact) mass is 346 g/mol. The van der Waals surface area contributed by atoms with E-state index in [4.69, 9.17) is 16.3 Å². The molecule has 1 aromatic heterocycles. The molecule has 0 fully saturated rings. The Morgan fingerprint density at radius 2 is 2.04 bits per heavy atom. The average molecular weight is 347 g/mol. The Morgan fingerprint density at radius 1 is 1.29 bits per heavy atom. The molecule has 1 heterocycles. The molecule has 126 valence electrons. The van der Waals surface area contributed by atoms with Crippen LogP contribution < -0.4 is 0 Å². The Morgan fingerprint density at radius 3 is 2.75 bits per heavy atom. The predicted octanol–water partition coefficient (Wildman–Crippen LogP) is 3.47. The van der Waals surface area contributed by atoms with Gasteiger partial charge in [0.25, 0.3) is 0 Å². The molecule has 0 bridgehead atoms. The minimum Gasteiger partial charge on any atom is -0.461 e. The molecule has 1 aliphatic carbocycles. The van der Waals surface area contributed by atoms with E-state index in [1.54, 1.807) is 11.6 Å². The van der Waals surface area contributed by atoms with E-state index in [0.29, 0.717) is 23.6 Å². The van der Waals surface area contributed by atoms with Crippen LogP contribution in [0.5, 0.6) is 0 Å². The summed E-state index contributed by atoms with van der Waals surface area (Å²) >= 11 is 5.90. The Bertz CT molecular complexity index is 765. The zero-order chi connectivity index (χ0) is 17.1. The normalized spacial score (nSPS) is 13.7. The highest BCUT2D eigenvalue weighted by atomic mass is 35.5. The molecule has 0 saturated heterocycles. The SMILES string of the molecule is CCOC(=O)c1nn(CCc2ccc(Cl)cc2)c2c1C(=O)CCC2. The third kappa shape index (κ3) is 3.36. The number of aryl methyl sites for hydroxylation is 2. The lowest BCUT2D eigenvalue weighted by Crippen LogP contribution is -2.16. The minimum absolute atomic E-state index is 0.0166. The first-order chi connectivity index (χ1) is 11.6. The maximum atomic E-state index is 12.3. The molecular formula is C18H19ClN2O3. The highest BCUT2D eigenvalue weighted by molar-refractivity contribution is 6.30. The van der Waals surface area contributed by atoms with E-state index in [9.17, 15) is 9.59 Å². The van der Waals surface area contributed by atoms with Gasteiger partial charge in [0, 0.05) is 18.0 Å². The number of carbonyl (C=O) groups excluding carboxylic acids is 2. The van der Waals surface area contributed by atoms with Crippen LogP contribution in [0.2, 0.25) is 5.02 Å². The molecule has 0 amide bonds. The van der Waals surface area contributed by atoms with Gasteiger partial charge in [-0.2, -0.15) is 5.10 Å². The number of nitrogens with zero attached hydrogens (tertiary/aromatic N) is 2. The van der Waals surface area contributed by atoms with Crippen LogP contribution >= 0.6 is 11.6 Å². The summed E-state index contributed by atoms with van der Waals surface area (Å²) in [4.78, 5) is 24.4. The first-order valence-corrected chi connectivity index (χ1v) is 8.52. The molecule has 1 aromatic carbocycles. The van der Waals surface area contributed by atoms with E-state index in [0.717, 1.165) is 30.5 Å². The maximum Gasteiger partial charge on any atom is 0.359 e. The fourth-order valence-electron chi connectivity index (χ4n) is 3.00. The molecule has 2 aromatic rings. The van der Waals surface area contributed by atoms with Crippen molar-refractivity contribution in [2.24, 2.45) is 0 Å². The topological polar surface area (TPSA) is 61.2 Å². The van der Waals surface area contributed by atoms with E-state index in [-0.39, 0.29) is 18.1 Å². The van der Waals surface area contributed by atoms with E-state index >= 15 is 0 Å². The van der Waals surface area contributed by atoms with E-state index in [1.807, 2.05) is 24.3 Å². The molecular weight excluding hydrogens is 328 g/mol. The molecule has 6 heteroatoms. The first kappa shape index (κ1) is 16.7. The highest BCUT2D eigenvalue weighted by Gasteiger charge is 2.30. The second-order valence-corrected chi connectivity index (χ2v) is 6.20. The minimum atomic E-state index is -0.519. The molecule has 1 aliphatic rings. The van der Waals surface area contributed by atoms with Crippen LogP contribution in [-0.2, 0) is 24.1 Å². The number of aromatic nitrogens is 2. The molecule has 3 rings (SSSR count). The molecule has 0 spiro atoms. The number of benzene rings is 1. The van der Waals surface area contributed by atoms with Gasteiger partial charge in [-0.3, -0.25) is 9.48 Å². The predicted molar refractivity (Wildman–Crippen MR) is 90.6 cm³/mol. The van der Waals surface area contributed by atoms with Gasteiger partial charge in [-0.05, 0) is 43.9 Å². The average Bonchev–Trinajstić information content (AvgIpc) is 2.95. The molecule has 0 aliphatic heterocycles. The van der Waals surface area contributed by atoms with Crippen molar-refractivity contribution in [1.29, 1.82) is 0 Å². The summed E-state index contributed by atoms with van der Waals surface area (Å²) in [5, 5.41) is 5.09. The Balaban J connectivity index is 1.87. The number of ether oxygens (including phenoxy) is 1. The van der Waals surface area contributed by atoms with Crippen molar-refractivity contribution in [3.63, 3.8) is 0 Å². The number of fused-ring (bicyclic) bond motifs is 1. The molecule has 0 unspecified atom stereocenters. The lowest BCUT2D eigenvalue weighted by atomic mass is 9.94. The summed E-state index contributed by atoms with van der Waals surface area (Å²) in [7, 11) is 0. The van der Waals surface area contributed by atoms with Gasteiger partial charge in [-0.15, -0.1) is 0 Å². The number of Topliss-reactive ketones (excluding diaryl/α,β-unsaturated/α-hetero) is 1. The van der Waals surface area contributed by atoms with Gasteiger partial charge < -0.3 is 4.74 Å². The van der Waals surface area contributed by atoms with Crippen molar-refractivity contribution in [3.8, 4) is 0 Å². The number of hydrogen-bond donors (Lipinski definition) is 0. The molecule has 0 N–H and O–H groups in total. The summed E-state index contributed by atoms with van der Waals surface area (Å²) < 4.78 is 6.83. The largest absolute Gasteiger partial charge is 0.461 e. The van der Waals surface area contributed by atoms with Crippen molar-refractivity contribution < 1.29 is 14.3 Å². The number of halogens is 1. The molecule has 24 heavy (non-hydrogen) atoms. The van der Waals surface area contributed by atoms with Crippen LogP contribution in [0.1, 0.15) is 51.9 Å². The first-order valence-electron chi connectivity index (χ1n) is 8.14. The van der Waals surface area contributed by atoms with Crippen molar-refractivity contribution in [2.75, 3.05) is 6.61 Å². The van der Waals surface area contributed by atoms with Gasteiger partial charge >= 0.3 is 5.97 Å². The number of hydrogen-bond acceptors (Lipinski definition) is 4. The number of carbonyl (C=O) groups is 2. The summed E-state index contributed by atoms with van der Waals surface area (Å²) in [6.07, 6.45) is 2.76. The number of ketones is 1. The fourth-order valence-corrected chi connectivity index (χ4v) is 3.12. The van der Waals surface area contributed by atoms with Gasteiger partial charge in [0.05, 0.1) is 17.9 Å². The van der Waals surface area contributed by atoms with Gasteiger partial charge in [0.1, 0.15) is 0 Å². The standard InChI is InChI=1S/C18H19ClN2O3/c1-2-24-18(23)17-16-14(4-3-5-15(16)22)21(20-17)11-10-12-6-8-13(19)9-7-12/h6-9H,2-5,10-11H2,1H3. The second kappa shape index (κ2) is 7.18. The van der Waals surface area contributed by atoms with Crippen molar-refractivity contribution in [2.45, 2.75) is 39.2 Å². The molecule has 0 atom stereocenters. The Labute approximate surface area is 145 Å². The van der Waals surface area contributed by atoms with Crippen molar-refractivity contribution >= 4 is 23.4 Å². The lowest BCUT2D eigenvalue weighted by molar-refractivity contribution is 0.0515. The highest BCUT2D eigenvalue weighted by Crippen LogP contribution is 2.25. The van der Waals surface area contributed by atoms with Gasteiger partial charge in [0.15, 0.2) is 11.5 Å². The van der Waals surface area contributed by atoms with Gasteiger partial charge in [-0.1, -0.05) is 23.7 Å². The summed E-state index contributed by atoms with van der Waals surface area (Å²) in [5.74, 6) is -0.536. The Hall–Kier alpha value is -2.14. The number of rotatable bonds is 5. The van der Waals surface area contributed by atoms with E-state index in [2.05, 4.69) is 5.10 Å². The summed E-state index contributed by atoms with van der Waals surface area (Å²) in [6, 6.07) is 7.64. The summed E-state index contributed by atoms with van der Waals surface area (Å²) in [5.41, 5.74) is 2.59. The van der Waals surface area contributed by atoms with Gasteiger partial charge in [0.2, 0.25) is 0 Å². The third-order valence-corrected chi connectivity index (χ3v) is 4.40. The smallest absolute Gasteiger partial charge is 0.359 e. The second-order valence-electron chi connectivity index (χ2n) is 5.77. The lowest BCUT2D eigenvalue weighted by Gasteiger charge is -2.13. The molecule has 0 saturated carbocycles. The Kier molecular flexibility index (Phi) is 5.00. The summed E-state index contributed by atoms with van der Waals surface area (Å²) in [6.45, 7) is 2.61. The van der Waals surface area contributed by atoms with Crippen LogP contribution in [0.25, 0.3) is 0 Å². The quantitative estimate of drug-likeness (QED) is 0.778. The van der Waals surface area contributed by atoms with E-state index in [1.165, 1.54) is 0 Å². The van der Waals surface area contributed by atoms with Crippen molar-refractivity contribution in [3.05, 3.63) is 51.8 Å². The molecule has 5 nitrogen and oxygen atoms in total. The zero-order valence-corrected chi connectivity index (χ0v) is 14.3. The fraction of sp³-hybridized carbons (Fsp3) is 0.389. The van der Waals surface area contributed by atoms with Crippen LogP contribution in [-0.4, -0.2) is 28.1 Å². The zero-order valence-electron chi connectivity index (χ0n) is 13.5. The third-order valence-electron chi connectivity index (χ3n) is 4.15. The van der Waals surface area contributed by atoms with Crippen molar-refractivity contribution in [1.82, 2.24) is 9.78 Å². The van der Waals surface area contributed by atoms with Crippen LogP contribution in [0, 0.1) is 0 Å². The van der Waals surface area contributed by atoms with Crippen LogP contribution in [0.15, 0.2) is 24.3 Å². The maximum absolute atomic E-state index is 12.3. The van der Waals surface area contributed by atoms with Crippen LogP contribution in [0.4, 0.5) is 0 Å².